The molecule has 150 valence electrons. The number of anilines is 2. The Morgan fingerprint density at radius 1 is 1.22 bits per heavy atom. The van der Waals surface area contributed by atoms with Crippen LogP contribution in [0.5, 0.6) is 0 Å². The van der Waals surface area contributed by atoms with Crippen LogP contribution in [0.1, 0.15) is 13.8 Å². The van der Waals surface area contributed by atoms with Crippen molar-refractivity contribution in [3.05, 3.63) is 36.7 Å². The van der Waals surface area contributed by atoms with Gasteiger partial charge in [0.25, 0.3) is 0 Å². The predicted molar refractivity (Wildman–Crippen MR) is 107 cm³/mol. The van der Waals surface area contributed by atoms with Crippen molar-refractivity contribution < 1.29 is 22.3 Å². The first-order valence-electron chi connectivity index (χ1n) is 8.08. The van der Waals surface area contributed by atoms with Crippen LogP contribution in [-0.2, 0) is 22.2 Å². The van der Waals surface area contributed by atoms with Crippen LogP contribution in [0, 0.1) is 0 Å². The summed E-state index contributed by atoms with van der Waals surface area (Å²) in [6.07, 6.45) is 3.60. The molecule has 0 radical (unpaired) electrons. The first-order valence-corrected chi connectivity index (χ1v) is 10.5. The lowest BCUT2D eigenvalue weighted by Crippen LogP contribution is -2.21. The number of hydrogen-bond acceptors (Lipinski definition) is 6. The third-order valence-corrected chi connectivity index (χ3v) is 4.45. The third-order valence-electron chi connectivity index (χ3n) is 3.39. The van der Waals surface area contributed by atoms with Gasteiger partial charge in [-0.1, -0.05) is 11.8 Å². The molecule has 0 aliphatic rings. The number of thioether (sulfide) groups is 1. The second kappa shape index (κ2) is 10.9. The van der Waals surface area contributed by atoms with Crippen LogP contribution >= 0.6 is 11.8 Å². The molecule has 1 aromatic carbocycles. The lowest BCUT2D eigenvalue weighted by Gasteiger charge is -2.21. The first-order chi connectivity index (χ1) is 12.6. The quantitative estimate of drug-likeness (QED) is 0.464. The van der Waals surface area contributed by atoms with Crippen LogP contribution in [0.3, 0.4) is 0 Å². The molecule has 27 heavy (non-hydrogen) atoms. The van der Waals surface area contributed by atoms with E-state index in [-0.39, 0.29) is 5.91 Å². The van der Waals surface area contributed by atoms with Crippen LogP contribution < -0.4 is 10.2 Å². The van der Waals surface area contributed by atoms with Crippen molar-refractivity contribution in [2.24, 2.45) is 7.05 Å². The monoisotopic (exact) mass is 416 g/mol. The molecule has 0 bridgehead atoms. The topological polar surface area (TPSA) is 125 Å². The van der Waals surface area contributed by atoms with E-state index in [2.05, 4.69) is 29.0 Å². The molecule has 0 atom stereocenters. The van der Waals surface area contributed by atoms with Crippen molar-refractivity contribution in [1.29, 1.82) is 0 Å². The summed E-state index contributed by atoms with van der Waals surface area (Å²) >= 11 is 1.43. The van der Waals surface area contributed by atoms with E-state index in [4.69, 9.17) is 17.5 Å². The smallest absolute Gasteiger partial charge is 0.372 e. The fourth-order valence-electron chi connectivity index (χ4n) is 2.16. The van der Waals surface area contributed by atoms with E-state index in [0.29, 0.717) is 5.75 Å². The number of nitrogens with one attached hydrogen (secondary N) is 1. The Kier molecular flexibility index (Phi) is 9.29. The van der Waals surface area contributed by atoms with Gasteiger partial charge in [-0.3, -0.25) is 13.9 Å². The van der Waals surface area contributed by atoms with Crippen molar-refractivity contribution in [2.75, 3.05) is 29.1 Å². The average molecular weight is 417 g/mol. The summed E-state index contributed by atoms with van der Waals surface area (Å²) in [7, 11) is -2.75. The highest BCUT2D eigenvalue weighted by Gasteiger charge is 2.07. The largest absolute Gasteiger partial charge is 0.394 e. The Bertz CT molecular complexity index is 810. The van der Waals surface area contributed by atoms with E-state index < -0.39 is 10.4 Å². The number of hydrogen-bond donors (Lipinski definition) is 3. The molecule has 11 heteroatoms. The molecule has 1 amide bonds. The van der Waals surface area contributed by atoms with E-state index in [9.17, 15) is 4.79 Å². The van der Waals surface area contributed by atoms with Gasteiger partial charge in [-0.15, -0.1) is 0 Å². The second-order valence-corrected chi connectivity index (χ2v) is 7.16. The first kappa shape index (κ1) is 23.0. The molecule has 1 aromatic heterocycles. The van der Waals surface area contributed by atoms with E-state index in [0.717, 1.165) is 23.9 Å². The van der Waals surface area contributed by atoms with Crippen molar-refractivity contribution in [1.82, 2.24) is 9.55 Å². The van der Waals surface area contributed by atoms with Crippen LogP contribution in [0.4, 0.5) is 11.4 Å². The maximum absolute atomic E-state index is 12.0. The Morgan fingerprint density at radius 2 is 1.78 bits per heavy atom. The van der Waals surface area contributed by atoms with Gasteiger partial charge in [0.15, 0.2) is 5.16 Å². The molecule has 0 fully saturated rings. The SMILES string of the molecule is CCN(CC)c1ccc(NC(=O)CSc2nccn2C)cc1.O=S(=O)(O)O. The average Bonchev–Trinajstić information content (AvgIpc) is 2.99. The molecule has 2 aromatic rings. The van der Waals surface area contributed by atoms with E-state index in [1.54, 1.807) is 6.20 Å². The molecular formula is C16H24N4O5S2. The number of nitrogens with zero attached hydrogens (tertiary/aromatic N) is 3. The number of rotatable bonds is 7. The highest BCUT2D eigenvalue weighted by atomic mass is 32.3. The van der Waals surface area contributed by atoms with E-state index >= 15 is 0 Å². The molecule has 0 aliphatic carbocycles. The Hall–Kier alpha value is -2.08. The minimum absolute atomic E-state index is 0.0245. The zero-order chi connectivity index (χ0) is 20.4. The number of carbonyl (C=O) groups is 1. The lowest BCUT2D eigenvalue weighted by molar-refractivity contribution is -0.113. The summed E-state index contributed by atoms with van der Waals surface area (Å²) in [5.74, 6) is 0.325. The van der Waals surface area contributed by atoms with Crippen LogP contribution in [-0.4, -0.2) is 51.8 Å². The highest BCUT2D eigenvalue weighted by Crippen LogP contribution is 2.19. The van der Waals surface area contributed by atoms with Crippen molar-refractivity contribution in [3.8, 4) is 0 Å². The van der Waals surface area contributed by atoms with Gasteiger partial charge in [-0.25, -0.2) is 4.98 Å². The second-order valence-electron chi connectivity index (χ2n) is 5.32. The van der Waals surface area contributed by atoms with Gasteiger partial charge in [0, 0.05) is 43.9 Å². The number of aromatic nitrogens is 2. The van der Waals surface area contributed by atoms with E-state index in [1.165, 1.54) is 17.4 Å². The molecule has 0 aliphatic heterocycles. The molecule has 3 N–H and O–H groups in total. The Labute approximate surface area is 163 Å². The number of aryl methyl sites for hydroxylation is 1. The van der Waals surface area contributed by atoms with E-state index in [1.807, 2.05) is 42.1 Å². The van der Waals surface area contributed by atoms with Crippen molar-refractivity contribution in [2.45, 2.75) is 19.0 Å². The van der Waals surface area contributed by atoms with Gasteiger partial charge in [-0.05, 0) is 38.1 Å². The zero-order valence-electron chi connectivity index (χ0n) is 15.4. The molecule has 0 spiro atoms. The van der Waals surface area contributed by atoms with Crippen LogP contribution in [0.15, 0.2) is 41.8 Å². The van der Waals surface area contributed by atoms with Gasteiger partial charge >= 0.3 is 10.4 Å². The van der Waals surface area contributed by atoms with Crippen LogP contribution in [0.2, 0.25) is 0 Å². The number of carbonyl (C=O) groups excluding carboxylic acids is 1. The number of benzene rings is 1. The zero-order valence-corrected chi connectivity index (χ0v) is 17.0. The summed E-state index contributed by atoms with van der Waals surface area (Å²) in [5.41, 5.74) is 1.99. The predicted octanol–water partition coefficient (Wildman–Crippen LogP) is 2.34. The van der Waals surface area contributed by atoms with Gasteiger partial charge in [-0.2, -0.15) is 8.42 Å². The molecule has 0 unspecified atom stereocenters. The summed E-state index contributed by atoms with van der Waals surface area (Å²) in [4.78, 5) is 18.4. The molecule has 2 rings (SSSR count). The summed E-state index contributed by atoms with van der Waals surface area (Å²) < 4.78 is 33.5. The molecular weight excluding hydrogens is 392 g/mol. The van der Waals surface area contributed by atoms with Crippen molar-refractivity contribution in [3.63, 3.8) is 0 Å². The van der Waals surface area contributed by atoms with Gasteiger partial charge in [0.1, 0.15) is 0 Å². The number of imidazole rings is 1. The third kappa shape index (κ3) is 9.43. The van der Waals surface area contributed by atoms with Crippen molar-refractivity contribution >= 4 is 39.4 Å². The van der Waals surface area contributed by atoms with Gasteiger partial charge < -0.3 is 14.8 Å². The van der Waals surface area contributed by atoms with Gasteiger partial charge in [0.2, 0.25) is 5.91 Å². The minimum atomic E-state index is -4.67. The fourth-order valence-corrected chi connectivity index (χ4v) is 2.89. The number of amides is 1. The van der Waals surface area contributed by atoms with Crippen LogP contribution in [0.25, 0.3) is 0 Å². The fraction of sp³-hybridized carbons (Fsp3) is 0.375. The Morgan fingerprint density at radius 3 is 2.22 bits per heavy atom. The van der Waals surface area contributed by atoms with Gasteiger partial charge in [0.05, 0.1) is 5.75 Å². The highest BCUT2D eigenvalue weighted by molar-refractivity contribution is 7.99. The minimum Gasteiger partial charge on any atom is -0.372 e. The Balaban J connectivity index is 0.000000646. The summed E-state index contributed by atoms with van der Waals surface area (Å²) in [6, 6.07) is 7.96. The standard InChI is InChI=1S/C16H22N4OS.H2O4S/c1-4-20(5-2)14-8-6-13(7-9-14)18-15(21)12-22-16-17-10-11-19(16)3;1-5(2,3)4/h6-11H,4-5,12H2,1-3H3,(H,18,21);(H2,1,2,3,4). The lowest BCUT2D eigenvalue weighted by atomic mass is 10.2. The normalized spacial score (nSPS) is 10.7. The summed E-state index contributed by atoms with van der Waals surface area (Å²) in [6.45, 7) is 6.22. The molecule has 9 nitrogen and oxygen atoms in total. The summed E-state index contributed by atoms with van der Waals surface area (Å²) in [5, 5.41) is 3.75. The molecule has 0 saturated carbocycles. The maximum atomic E-state index is 12.0. The molecule has 0 saturated heterocycles. The molecule has 1 heterocycles. The maximum Gasteiger partial charge on any atom is 0.394 e.